The van der Waals surface area contributed by atoms with E-state index >= 15 is 0 Å². The first kappa shape index (κ1) is 15.5. The zero-order chi connectivity index (χ0) is 14.5. The van der Waals surface area contributed by atoms with Gasteiger partial charge in [-0.25, -0.2) is 4.39 Å². The molecule has 2 unspecified atom stereocenters. The molecule has 2 nitrogen and oxygen atoms in total. The van der Waals surface area contributed by atoms with E-state index in [4.69, 9.17) is 0 Å². The summed E-state index contributed by atoms with van der Waals surface area (Å²) in [6, 6.07) is 5.03. The molecule has 1 fully saturated rings. The number of nitrogens with one attached hydrogen (secondary N) is 2. The van der Waals surface area contributed by atoms with Gasteiger partial charge < -0.3 is 10.6 Å². The fourth-order valence-corrected chi connectivity index (χ4v) is 3.07. The fraction of sp³-hybridized carbons (Fsp3) is 0.647. The SMILES string of the molecule is Cc1cc(CNC(C)CC2CCCCN2)cc(C)c1F. The Bertz CT molecular complexity index is 416. The molecule has 2 atom stereocenters. The van der Waals surface area contributed by atoms with Crippen LogP contribution in [0.2, 0.25) is 0 Å². The van der Waals surface area contributed by atoms with Crippen molar-refractivity contribution in [1.82, 2.24) is 10.6 Å². The molecule has 3 heteroatoms. The van der Waals surface area contributed by atoms with E-state index in [1.54, 1.807) is 0 Å². The number of aryl methyl sites for hydroxylation is 2. The average Bonchev–Trinajstić information content (AvgIpc) is 2.43. The van der Waals surface area contributed by atoms with E-state index in [0.717, 1.165) is 24.2 Å². The number of piperidine rings is 1. The van der Waals surface area contributed by atoms with Crippen molar-refractivity contribution in [2.45, 2.75) is 65.1 Å². The van der Waals surface area contributed by atoms with Crippen LogP contribution in [0.3, 0.4) is 0 Å². The Morgan fingerprint density at radius 2 is 2.00 bits per heavy atom. The molecule has 20 heavy (non-hydrogen) atoms. The molecule has 0 aromatic heterocycles. The third-order valence-corrected chi connectivity index (χ3v) is 4.20. The lowest BCUT2D eigenvalue weighted by atomic mass is 9.98. The van der Waals surface area contributed by atoms with Crippen LogP contribution in [0.5, 0.6) is 0 Å². The molecule has 1 saturated heterocycles. The summed E-state index contributed by atoms with van der Waals surface area (Å²) in [5.74, 6) is -0.0757. The molecule has 1 heterocycles. The van der Waals surface area contributed by atoms with Gasteiger partial charge in [-0.1, -0.05) is 18.6 Å². The van der Waals surface area contributed by atoms with Crippen molar-refractivity contribution in [3.8, 4) is 0 Å². The van der Waals surface area contributed by atoms with Gasteiger partial charge in [-0.05, 0) is 63.3 Å². The lowest BCUT2D eigenvalue weighted by molar-refractivity contribution is 0.344. The lowest BCUT2D eigenvalue weighted by Crippen LogP contribution is -2.39. The second-order valence-corrected chi connectivity index (χ2v) is 6.21. The zero-order valence-corrected chi connectivity index (χ0v) is 12.9. The van der Waals surface area contributed by atoms with E-state index in [-0.39, 0.29) is 5.82 Å². The third kappa shape index (κ3) is 4.29. The van der Waals surface area contributed by atoms with Crippen LogP contribution >= 0.6 is 0 Å². The summed E-state index contributed by atoms with van der Waals surface area (Å²) in [7, 11) is 0. The lowest BCUT2D eigenvalue weighted by Gasteiger charge is -2.26. The highest BCUT2D eigenvalue weighted by atomic mass is 19.1. The topological polar surface area (TPSA) is 24.1 Å². The van der Waals surface area contributed by atoms with Gasteiger partial charge in [0.25, 0.3) is 0 Å². The molecule has 0 amide bonds. The number of halogens is 1. The van der Waals surface area contributed by atoms with Gasteiger partial charge in [-0.2, -0.15) is 0 Å². The van der Waals surface area contributed by atoms with E-state index in [0.29, 0.717) is 12.1 Å². The normalized spacial score (nSPS) is 20.9. The average molecular weight is 278 g/mol. The minimum Gasteiger partial charge on any atom is -0.314 e. The van der Waals surface area contributed by atoms with E-state index in [1.165, 1.54) is 31.2 Å². The summed E-state index contributed by atoms with van der Waals surface area (Å²) in [6.45, 7) is 7.88. The summed E-state index contributed by atoms with van der Waals surface area (Å²) in [6.07, 6.45) is 5.12. The second kappa shape index (κ2) is 7.19. The third-order valence-electron chi connectivity index (χ3n) is 4.20. The molecular formula is C17H27FN2. The number of hydrogen-bond donors (Lipinski definition) is 2. The predicted molar refractivity (Wildman–Crippen MR) is 82.4 cm³/mol. The van der Waals surface area contributed by atoms with Crippen molar-refractivity contribution in [1.29, 1.82) is 0 Å². The predicted octanol–water partition coefficient (Wildman–Crippen LogP) is 3.45. The van der Waals surface area contributed by atoms with Crippen molar-refractivity contribution < 1.29 is 4.39 Å². The van der Waals surface area contributed by atoms with Crippen LogP contribution in [0.4, 0.5) is 4.39 Å². The summed E-state index contributed by atoms with van der Waals surface area (Å²) < 4.78 is 13.6. The first-order chi connectivity index (χ1) is 9.56. The van der Waals surface area contributed by atoms with Crippen molar-refractivity contribution in [2.75, 3.05) is 6.54 Å². The quantitative estimate of drug-likeness (QED) is 0.862. The Balaban J connectivity index is 1.82. The first-order valence-corrected chi connectivity index (χ1v) is 7.78. The van der Waals surface area contributed by atoms with E-state index in [1.807, 2.05) is 26.0 Å². The minimum absolute atomic E-state index is 0.0757. The minimum atomic E-state index is -0.0757. The first-order valence-electron chi connectivity index (χ1n) is 7.78. The molecule has 0 spiro atoms. The maximum absolute atomic E-state index is 13.6. The number of hydrogen-bond acceptors (Lipinski definition) is 2. The van der Waals surface area contributed by atoms with E-state index < -0.39 is 0 Å². The molecular weight excluding hydrogens is 251 g/mol. The molecule has 0 aliphatic carbocycles. The Morgan fingerprint density at radius 1 is 1.30 bits per heavy atom. The largest absolute Gasteiger partial charge is 0.314 e. The van der Waals surface area contributed by atoms with Crippen molar-refractivity contribution >= 4 is 0 Å². The summed E-state index contributed by atoms with van der Waals surface area (Å²) >= 11 is 0. The Hall–Kier alpha value is -0.930. The zero-order valence-electron chi connectivity index (χ0n) is 12.9. The smallest absolute Gasteiger partial charge is 0.129 e. The summed E-state index contributed by atoms with van der Waals surface area (Å²) in [5, 5.41) is 7.14. The fourth-order valence-electron chi connectivity index (χ4n) is 3.07. The molecule has 1 aliphatic heterocycles. The van der Waals surface area contributed by atoms with Gasteiger partial charge in [-0.15, -0.1) is 0 Å². The monoisotopic (exact) mass is 278 g/mol. The maximum Gasteiger partial charge on any atom is 0.129 e. The van der Waals surface area contributed by atoms with Gasteiger partial charge in [0.15, 0.2) is 0 Å². The van der Waals surface area contributed by atoms with Crippen molar-refractivity contribution in [3.63, 3.8) is 0 Å². The van der Waals surface area contributed by atoms with Crippen LogP contribution in [0, 0.1) is 19.7 Å². The van der Waals surface area contributed by atoms with Crippen molar-refractivity contribution in [2.24, 2.45) is 0 Å². The van der Waals surface area contributed by atoms with Crippen LogP contribution in [0.25, 0.3) is 0 Å². The van der Waals surface area contributed by atoms with E-state index in [2.05, 4.69) is 17.6 Å². The Labute approximate surface area is 122 Å². The second-order valence-electron chi connectivity index (χ2n) is 6.21. The van der Waals surface area contributed by atoms with Gasteiger partial charge in [0.05, 0.1) is 0 Å². The number of benzene rings is 1. The molecule has 1 aliphatic rings. The molecule has 1 aromatic carbocycles. The molecule has 0 saturated carbocycles. The van der Waals surface area contributed by atoms with Gasteiger partial charge in [0, 0.05) is 18.6 Å². The number of rotatable bonds is 5. The highest BCUT2D eigenvalue weighted by Crippen LogP contribution is 2.15. The van der Waals surface area contributed by atoms with Crippen LogP contribution in [0.15, 0.2) is 12.1 Å². The van der Waals surface area contributed by atoms with E-state index in [9.17, 15) is 4.39 Å². The molecule has 0 bridgehead atoms. The molecule has 112 valence electrons. The van der Waals surface area contributed by atoms with Crippen LogP contribution in [-0.4, -0.2) is 18.6 Å². The standard InChI is InChI=1S/C17H27FN2/c1-12-8-15(9-13(2)17(12)18)11-20-14(3)10-16-6-4-5-7-19-16/h8-9,14,16,19-20H,4-7,10-11H2,1-3H3. The van der Waals surface area contributed by atoms with Gasteiger partial charge in [-0.3, -0.25) is 0 Å². The maximum atomic E-state index is 13.6. The van der Waals surface area contributed by atoms with Gasteiger partial charge in [0.2, 0.25) is 0 Å². The Kier molecular flexibility index (Phi) is 5.55. The summed E-state index contributed by atoms with van der Waals surface area (Å²) in [5.41, 5.74) is 2.65. The van der Waals surface area contributed by atoms with Gasteiger partial charge in [0.1, 0.15) is 5.82 Å². The highest BCUT2D eigenvalue weighted by molar-refractivity contribution is 5.30. The molecule has 0 radical (unpaired) electrons. The molecule has 1 aromatic rings. The van der Waals surface area contributed by atoms with Crippen LogP contribution in [0.1, 0.15) is 49.3 Å². The summed E-state index contributed by atoms with van der Waals surface area (Å²) in [4.78, 5) is 0. The van der Waals surface area contributed by atoms with Crippen molar-refractivity contribution in [3.05, 3.63) is 34.6 Å². The van der Waals surface area contributed by atoms with Gasteiger partial charge >= 0.3 is 0 Å². The van der Waals surface area contributed by atoms with Crippen LogP contribution < -0.4 is 10.6 Å². The Morgan fingerprint density at radius 3 is 2.60 bits per heavy atom. The molecule has 2 rings (SSSR count). The van der Waals surface area contributed by atoms with Crippen LogP contribution in [-0.2, 0) is 6.54 Å². The highest BCUT2D eigenvalue weighted by Gasteiger charge is 2.15. The molecule has 2 N–H and O–H groups in total.